The van der Waals surface area contributed by atoms with E-state index < -0.39 is 0 Å². The summed E-state index contributed by atoms with van der Waals surface area (Å²) >= 11 is 0. The molecule has 0 atom stereocenters. The SMILES string of the molecule is CC(C)(CC(=O)O[SiH3])C(c1ccccc1)c1ccccc1. The van der Waals surface area contributed by atoms with Gasteiger partial charge in [-0.25, -0.2) is 0 Å². The molecule has 0 aliphatic carbocycles. The van der Waals surface area contributed by atoms with Crippen molar-refractivity contribution in [2.45, 2.75) is 26.2 Å². The summed E-state index contributed by atoms with van der Waals surface area (Å²) in [5, 5.41) is 0. The molecule has 0 radical (unpaired) electrons. The van der Waals surface area contributed by atoms with Crippen molar-refractivity contribution < 1.29 is 9.22 Å². The lowest BCUT2D eigenvalue weighted by Crippen LogP contribution is -2.27. The van der Waals surface area contributed by atoms with E-state index in [0.717, 1.165) is 0 Å². The third-order valence-electron chi connectivity index (χ3n) is 3.87. The molecule has 0 unspecified atom stereocenters. The summed E-state index contributed by atoms with van der Waals surface area (Å²) in [6.07, 6.45) is 0.422. The fourth-order valence-corrected chi connectivity index (χ4v) is 3.08. The van der Waals surface area contributed by atoms with Crippen molar-refractivity contribution in [2.24, 2.45) is 5.41 Å². The fourth-order valence-electron chi connectivity index (χ4n) is 2.93. The predicted molar refractivity (Wildman–Crippen MR) is 89.2 cm³/mol. The van der Waals surface area contributed by atoms with Crippen LogP contribution in [0.5, 0.6) is 0 Å². The van der Waals surface area contributed by atoms with Crippen molar-refractivity contribution in [1.82, 2.24) is 0 Å². The molecule has 110 valence electrons. The van der Waals surface area contributed by atoms with E-state index in [1.54, 1.807) is 0 Å². The number of carbonyl (C=O) groups is 1. The lowest BCUT2D eigenvalue weighted by Gasteiger charge is -2.34. The van der Waals surface area contributed by atoms with Gasteiger partial charge >= 0.3 is 0 Å². The molecule has 0 saturated heterocycles. The number of hydrogen-bond donors (Lipinski definition) is 0. The van der Waals surface area contributed by atoms with Crippen LogP contribution < -0.4 is 0 Å². The standard InChI is InChI=1S/C18H22O2Si/c1-18(2,13-16(19)20-21)17(14-9-5-3-6-10-14)15-11-7-4-8-12-15/h3-12,17H,13H2,1-2,21H3. The molecule has 0 amide bonds. The molecule has 2 nitrogen and oxygen atoms in total. The third-order valence-corrected chi connectivity index (χ3v) is 4.33. The van der Waals surface area contributed by atoms with Crippen molar-refractivity contribution >= 4 is 16.5 Å². The van der Waals surface area contributed by atoms with E-state index in [-0.39, 0.29) is 17.3 Å². The van der Waals surface area contributed by atoms with Gasteiger partial charge in [0.1, 0.15) is 0 Å². The van der Waals surface area contributed by atoms with Gasteiger partial charge in [0, 0.05) is 5.92 Å². The molecule has 0 heterocycles. The smallest absolute Gasteiger partial charge is 0.292 e. The predicted octanol–water partition coefficient (Wildman–Crippen LogP) is 3.06. The van der Waals surface area contributed by atoms with Crippen LogP contribution in [-0.2, 0) is 9.22 Å². The maximum Gasteiger partial charge on any atom is 0.292 e. The Hall–Kier alpha value is -1.87. The molecular formula is C18H22O2Si. The highest BCUT2D eigenvalue weighted by Crippen LogP contribution is 2.43. The molecule has 0 spiro atoms. The Bertz CT molecular complexity index is 539. The minimum absolute atomic E-state index is 0.108. The van der Waals surface area contributed by atoms with Gasteiger partial charge in [-0.3, -0.25) is 4.79 Å². The van der Waals surface area contributed by atoms with E-state index in [2.05, 4.69) is 38.1 Å². The Balaban J connectivity index is 2.44. The Morgan fingerprint density at radius 2 is 1.43 bits per heavy atom. The third kappa shape index (κ3) is 3.82. The highest BCUT2D eigenvalue weighted by atomic mass is 28.2. The summed E-state index contributed by atoms with van der Waals surface area (Å²) < 4.78 is 5.01. The molecule has 0 bridgehead atoms. The van der Waals surface area contributed by atoms with Crippen LogP contribution in [0.1, 0.15) is 37.3 Å². The monoisotopic (exact) mass is 298 g/mol. The highest BCUT2D eigenvalue weighted by Gasteiger charge is 2.34. The first-order valence-electron chi connectivity index (χ1n) is 7.21. The average Bonchev–Trinajstić information content (AvgIpc) is 2.48. The zero-order valence-corrected chi connectivity index (χ0v) is 14.9. The van der Waals surface area contributed by atoms with E-state index in [0.29, 0.717) is 16.9 Å². The lowest BCUT2D eigenvalue weighted by molar-refractivity contribution is -0.136. The summed E-state index contributed by atoms with van der Waals surface area (Å²) in [7, 11) is 0.453. The van der Waals surface area contributed by atoms with Gasteiger partial charge in [0.05, 0.1) is 6.42 Å². The normalized spacial score (nSPS) is 11.6. The topological polar surface area (TPSA) is 26.3 Å². The molecule has 2 rings (SSSR count). The molecule has 2 aromatic carbocycles. The van der Waals surface area contributed by atoms with E-state index in [9.17, 15) is 4.79 Å². The van der Waals surface area contributed by atoms with Crippen LogP contribution in [0.15, 0.2) is 60.7 Å². The first kappa shape index (κ1) is 15.5. The van der Waals surface area contributed by atoms with Crippen molar-refractivity contribution in [3.05, 3.63) is 71.8 Å². The summed E-state index contributed by atoms with van der Waals surface area (Å²) in [6.45, 7) is 4.27. The van der Waals surface area contributed by atoms with Crippen molar-refractivity contribution in [3.8, 4) is 0 Å². The van der Waals surface area contributed by atoms with Gasteiger partial charge in [0.25, 0.3) is 5.97 Å². The van der Waals surface area contributed by atoms with Crippen LogP contribution in [-0.4, -0.2) is 16.5 Å². The zero-order chi connectivity index (χ0) is 15.3. The first-order valence-corrected chi connectivity index (χ1v) is 8.03. The van der Waals surface area contributed by atoms with Crippen LogP contribution in [0.3, 0.4) is 0 Å². The van der Waals surface area contributed by atoms with Crippen molar-refractivity contribution in [1.29, 1.82) is 0 Å². The Kier molecular flexibility index (Phi) is 4.97. The molecule has 0 saturated carbocycles. The largest absolute Gasteiger partial charge is 0.529 e. The van der Waals surface area contributed by atoms with Gasteiger partial charge in [-0.05, 0) is 16.5 Å². The second-order valence-electron chi connectivity index (χ2n) is 6.00. The number of carbonyl (C=O) groups excluding carboxylic acids is 1. The van der Waals surface area contributed by atoms with Gasteiger partial charge in [-0.2, -0.15) is 0 Å². The summed E-state index contributed by atoms with van der Waals surface area (Å²) in [5.41, 5.74) is 2.26. The quantitative estimate of drug-likeness (QED) is 0.793. The summed E-state index contributed by atoms with van der Waals surface area (Å²) in [6, 6.07) is 20.8. The van der Waals surface area contributed by atoms with Gasteiger partial charge in [-0.15, -0.1) is 0 Å². The molecule has 0 aliphatic rings. The van der Waals surface area contributed by atoms with Crippen LogP contribution in [0.2, 0.25) is 0 Å². The second kappa shape index (κ2) is 6.72. The molecule has 0 N–H and O–H groups in total. The fraction of sp³-hybridized carbons (Fsp3) is 0.278. The molecule has 0 fully saturated rings. The maximum atomic E-state index is 11.8. The van der Waals surface area contributed by atoms with E-state index in [4.69, 9.17) is 4.43 Å². The number of rotatable bonds is 5. The van der Waals surface area contributed by atoms with Gasteiger partial charge in [0.2, 0.25) is 10.5 Å². The highest BCUT2D eigenvalue weighted by molar-refractivity contribution is 6.05. The average molecular weight is 298 g/mol. The summed E-state index contributed by atoms with van der Waals surface area (Å²) in [5.74, 6) is 0.0594. The zero-order valence-electron chi connectivity index (χ0n) is 12.9. The van der Waals surface area contributed by atoms with E-state index in [1.165, 1.54) is 11.1 Å². The molecule has 0 aromatic heterocycles. The lowest BCUT2D eigenvalue weighted by atomic mass is 9.69. The minimum atomic E-state index is -0.204. The van der Waals surface area contributed by atoms with Gasteiger partial charge in [-0.1, -0.05) is 74.5 Å². The molecule has 21 heavy (non-hydrogen) atoms. The molecule has 2 aromatic rings. The minimum Gasteiger partial charge on any atom is -0.529 e. The van der Waals surface area contributed by atoms with E-state index in [1.807, 2.05) is 36.4 Å². The first-order chi connectivity index (χ1) is 10.0. The maximum absolute atomic E-state index is 11.8. The number of benzene rings is 2. The Labute approximate surface area is 129 Å². The summed E-state index contributed by atoms with van der Waals surface area (Å²) in [4.78, 5) is 11.8. The van der Waals surface area contributed by atoms with Crippen LogP contribution in [0, 0.1) is 5.41 Å². The number of hydrogen-bond acceptors (Lipinski definition) is 2. The Morgan fingerprint density at radius 3 is 1.81 bits per heavy atom. The second-order valence-corrected chi connectivity index (χ2v) is 6.40. The van der Waals surface area contributed by atoms with Crippen LogP contribution >= 0.6 is 0 Å². The van der Waals surface area contributed by atoms with Gasteiger partial charge in [0.15, 0.2) is 0 Å². The van der Waals surface area contributed by atoms with Crippen molar-refractivity contribution in [2.75, 3.05) is 0 Å². The Morgan fingerprint density at radius 1 is 1.00 bits per heavy atom. The van der Waals surface area contributed by atoms with Gasteiger partial charge < -0.3 is 4.43 Å². The van der Waals surface area contributed by atoms with Crippen molar-refractivity contribution in [3.63, 3.8) is 0 Å². The molecule has 3 heteroatoms. The molecular weight excluding hydrogens is 276 g/mol. The van der Waals surface area contributed by atoms with E-state index >= 15 is 0 Å². The molecule has 0 aliphatic heterocycles. The van der Waals surface area contributed by atoms with Crippen LogP contribution in [0.4, 0.5) is 0 Å². The van der Waals surface area contributed by atoms with Crippen LogP contribution in [0.25, 0.3) is 0 Å².